The number of carboxylic acid groups (broad SMARTS) is 1. The first kappa shape index (κ1) is 12.6. The maximum absolute atomic E-state index is 11.4. The molecule has 1 aromatic carbocycles. The number of phenols is 1. The first-order valence-corrected chi connectivity index (χ1v) is 6.01. The molecule has 0 spiro atoms. The number of carbonyl (C=O) groups excluding carboxylic acids is 1. The van der Waals surface area contributed by atoms with Crippen molar-refractivity contribution >= 4 is 46.3 Å². The van der Waals surface area contributed by atoms with Crippen molar-refractivity contribution in [3.8, 4) is 5.75 Å². The van der Waals surface area contributed by atoms with Crippen LogP contribution in [-0.4, -0.2) is 26.4 Å². The van der Waals surface area contributed by atoms with E-state index in [4.69, 9.17) is 17.3 Å². The van der Waals surface area contributed by atoms with E-state index in [1.54, 1.807) is 0 Å². The molecule has 1 aliphatic rings. The van der Waals surface area contributed by atoms with Gasteiger partial charge in [0, 0.05) is 0 Å². The molecule has 0 aromatic heterocycles. The molecule has 92 valence electrons. The quantitative estimate of drug-likeness (QED) is 0.563. The largest absolute Gasteiger partial charge is 0.507 e. The van der Waals surface area contributed by atoms with E-state index in [-0.39, 0.29) is 17.2 Å². The average molecular weight is 281 g/mol. The molecule has 1 amide bonds. The summed E-state index contributed by atoms with van der Waals surface area (Å²) in [5, 5.41) is 20.7. The van der Waals surface area contributed by atoms with Crippen molar-refractivity contribution in [2.24, 2.45) is 0 Å². The van der Waals surface area contributed by atoms with Gasteiger partial charge in [-0.1, -0.05) is 30.0 Å². The molecule has 0 bridgehead atoms. The van der Waals surface area contributed by atoms with Crippen molar-refractivity contribution in [3.63, 3.8) is 0 Å². The van der Waals surface area contributed by atoms with Crippen LogP contribution in [0.25, 0.3) is 6.08 Å². The second kappa shape index (κ2) is 4.79. The molecule has 1 heterocycles. The van der Waals surface area contributed by atoms with Crippen LogP contribution in [0.3, 0.4) is 0 Å². The summed E-state index contributed by atoms with van der Waals surface area (Å²) in [7, 11) is 0. The zero-order valence-electron chi connectivity index (χ0n) is 8.84. The summed E-state index contributed by atoms with van der Waals surface area (Å²) >= 11 is 5.94. The molecule has 0 atom stereocenters. The number of carboxylic acids is 1. The predicted octanol–water partition coefficient (Wildman–Crippen LogP) is 1.58. The standard InChI is InChI=1S/C11H7NO4S2/c13-7-2-1-5(3-6(7)10(15)16)4-8-9(14)12-11(17)18-8/h1-4,13H,(H,15,16)(H,12,14,17)/b8-4-. The molecule has 1 saturated heterocycles. The number of aromatic carboxylic acids is 1. The molecular weight excluding hydrogens is 274 g/mol. The van der Waals surface area contributed by atoms with Crippen LogP contribution in [0.1, 0.15) is 15.9 Å². The number of benzene rings is 1. The summed E-state index contributed by atoms with van der Waals surface area (Å²) in [6.45, 7) is 0. The zero-order valence-corrected chi connectivity index (χ0v) is 10.5. The second-order valence-electron chi connectivity index (χ2n) is 3.43. The molecule has 7 heteroatoms. The minimum atomic E-state index is -1.23. The SMILES string of the molecule is O=C1NC(=S)S/C1=C\c1ccc(O)c(C(=O)O)c1. The number of thiocarbonyl (C=S) groups is 1. The Balaban J connectivity index is 2.38. The van der Waals surface area contributed by atoms with E-state index >= 15 is 0 Å². The molecule has 0 unspecified atom stereocenters. The maximum atomic E-state index is 11.4. The molecule has 3 N–H and O–H groups in total. The Morgan fingerprint density at radius 2 is 2.17 bits per heavy atom. The van der Waals surface area contributed by atoms with E-state index in [9.17, 15) is 14.7 Å². The number of hydrogen-bond acceptors (Lipinski definition) is 5. The van der Waals surface area contributed by atoms with Crippen LogP contribution in [0.4, 0.5) is 0 Å². The van der Waals surface area contributed by atoms with Crippen molar-refractivity contribution < 1.29 is 19.8 Å². The van der Waals surface area contributed by atoms with Crippen LogP contribution in [0, 0.1) is 0 Å². The van der Waals surface area contributed by atoms with Gasteiger partial charge in [-0.05, 0) is 23.8 Å². The van der Waals surface area contributed by atoms with E-state index < -0.39 is 5.97 Å². The first-order valence-electron chi connectivity index (χ1n) is 4.78. The van der Waals surface area contributed by atoms with E-state index in [1.807, 2.05) is 0 Å². The van der Waals surface area contributed by atoms with Gasteiger partial charge >= 0.3 is 5.97 Å². The van der Waals surface area contributed by atoms with Gasteiger partial charge in [0.2, 0.25) is 0 Å². The number of thioether (sulfide) groups is 1. The number of rotatable bonds is 2. The average Bonchev–Trinajstić information content (AvgIpc) is 2.60. The van der Waals surface area contributed by atoms with Crippen LogP contribution >= 0.6 is 24.0 Å². The van der Waals surface area contributed by atoms with Crippen molar-refractivity contribution in [2.45, 2.75) is 0 Å². The molecule has 1 aliphatic heterocycles. The number of aromatic hydroxyl groups is 1. The fraction of sp³-hybridized carbons (Fsp3) is 0. The van der Waals surface area contributed by atoms with E-state index in [0.29, 0.717) is 14.8 Å². The van der Waals surface area contributed by atoms with Crippen molar-refractivity contribution in [1.29, 1.82) is 0 Å². The third-order valence-electron chi connectivity index (χ3n) is 2.19. The highest BCUT2D eigenvalue weighted by Gasteiger charge is 2.22. The molecule has 1 aromatic rings. The van der Waals surface area contributed by atoms with Gasteiger partial charge in [-0.2, -0.15) is 0 Å². The van der Waals surface area contributed by atoms with E-state index in [0.717, 1.165) is 11.8 Å². The lowest BCUT2D eigenvalue weighted by molar-refractivity contribution is -0.115. The smallest absolute Gasteiger partial charge is 0.339 e. The van der Waals surface area contributed by atoms with Gasteiger partial charge in [-0.15, -0.1) is 0 Å². The van der Waals surface area contributed by atoms with Gasteiger partial charge in [0.25, 0.3) is 5.91 Å². The van der Waals surface area contributed by atoms with Gasteiger partial charge in [0.1, 0.15) is 15.6 Å². The topological polar surface area (TPSA) is 86.6 Å². The Bertz CT molecular complexity index is 595. The zero-order chi connectivity index (χ0) is 13.3. The van der Waals surface area contributed by atoms with Crippen molar-refractivity contribution in [2.75, 3.05) is 0 Å². The third-order valence-corrected chi connectivity index (χ3v) is 3.35. The Morgan fingerprint density at radius 3 is 2.72 bits per heavy atom. The lowest BCUT2D eigenvalue weighted by Gasteiger charge is -2.01. The van der Waals surface area contributed by atoms with Crippen molar-refractivity contribution in [3.05, 3.63) is 34.2 Å². The van der Waals surface area contributed by atoms with E-state index in [2.05, 4.69) is 5.32 Å². The van der Waals surface area contributed by atoms with Crippen LogP contribution < -0.4 is 5.32 Å². The minimum absolute atomic E-state index is 0.213. The van der Waals surface area contributed by atoms with Crippen LogP contribution in [-0.2, 0) is 4.79 Å². The summed E-state index contributed by atoms with van der Waals surface area (Å²) in [5.41, 5.74) is 0.294. The summed E-state index contributed by atoms with van der Waals surface area (Å²) in [4.78, 5) is 22.7. The van der Waals surface area contributed by atoms with Gasteiger partial charge in [-0.25, -0.2) is 4.79 Å². The fourth-order valence-electron chi connectivity index (χ4n) is 1.39. The van der Waals surface area contributed by atoms with Crippen LogP contribution in [0.2, 0.25) is 0 Å². The lowest BCUT2D eigenvalue weighted by Crippen LogP contribution is -2.17. The highest BCUT2D eigenvalue weighted by Crippen LogP contribution is 2.27. The van der Waals surface area contributed by atoms with Gasteiger partial charge in [0.05, 0.1) is 4.91 Å². The normalized spacial score (nSPS) is 17.0. The van der Waals surface area contributed by atoms with Crippen LogP contribution in [0.5, 0.6) is 5.75 Å². The molecule has 0 aliphatic carbocycles. The van der Waals surface area contributed by atoms with Gasteiger partial charge in [-0.3, -0.25) is 4.79 Å². The molecule has 2 rings (SSSR count). The molecule has 5 nitrogen and oxygen atoms in total. The Hall–Kier alpha value is -1.86. The maximum Gasteiger partial charge on any atom is 0.339 e. The molecule has 1 fully saturated rings. The number of amides is 1. The van der Waals surface area contributed by atoms with E-state index in [1.165, 1.54) is 24.3 Å². The Morgan fingerprint density at radius 1 is 1.44 bits per heavy atom. The monoisotopic (exact) mass is 281 g/mol. The van der Waals surface area contributed by atoms with Gasteiger partial charge < -0.3 is 15.5 Å². The highest BCUT2D eigenvalue weighted by molar-refractivity contribution is 8.26. The first-order chi connectivity index (χ1) is 8.47. The second-order valence-corrected chi connectivity index (χ2v) is 5.15. The minimum Gasteiger partial charge on any atom is -0.507 e. The number of carbonyl (C=O) groups is 2. The Labute approximate surface area is 112 Å². The lowest BCUT2D eigenvalue weighted by atomic mass is 10.1. The molecule has 18 heavy (non-hydrogen) atoms. The van der Waals surface area contributed by atoms with Gasteiger partial charge in [0.15, 0.2) is 0 Å². The number of nitrogens with one attached hydrogen (secondary N) is 1. The molecular formula is C11H7NO4S2. The summed E-state index contributed by atoms with van der Waals surface area (Å²) in [5.74, 6) is -1.86. The molecule has 0 radical (unpaired) electrons. The highest BCUT2D eigenvalue weighted by atomic mass is 32.2. The fourth-order valence-corrected chi connectivity index (χ4v) is 2.43. The summed E-state index contributed by atoms with van der Waals surface area (Å²) in [6, 6.07) is 4.08. The van der Waals surface area contributed by atoms with Crippen molar-refractivity contribution in [1.82, 2.24) is 5.32 Å². The molecule has 0 saturated carbocycles. The number of hydrogen-bond donors (Lipinski definition) is 3. The third kappa shape index (κ3) is 2.52. The predicted molar refractivity (Wildman–Crippen MR) is 71.4 cm³/mol. The van der Waals surface area contributed by atoms with Crippen LogP contribution in [0.15, 0.2) is 23.1 Å². The summed E-state index contributed by atoms with van der Waals surface area (Å²) < 4.78 is 0.364. The summed E-state index contributed by atoms with van der Waals surface area (Å²) in [6.07, 6.45) is 1.52. The Kier molecular flexibility index (Phi) is 3.35.